The van der Waals surface area contributed by atoms with Gasteiger partial charge in [0.05, 0.1) is 30.7 Å². The van der Waals surface area contributed by atoms with Crippen LogP contribution in [-0.4, -0.2) is 43.8 Å². The van der Waals surface area contributed by atoms with Gasteiger partial charge in [0, 0.05) is 43.6 Å². The number of rotatable bonds is 11. The van der Waals surface area contributed by atoms with Gasteiger partial charge in [-0.25, -0.2) is 14.8 Å². The van der Waals surface area contributed by atoms with Crippen LogP contribution in [0, 0.1) is 0 Å². The van der Waals surface area contributed by atoms with Crippen molar-refractivity contribution in [2.45, 2.75) is 51.2 Å². The summed E-state index contributed by atoms with van der Waals surface area (Å²) in [5.74, 6) is 0.989. The number of amides is 1. The van der Waals surface area contributed by atoms with Crippen molar-refractivity contribution in [2.75, 3.05) is 6.61 Å². The number of imidazole rings is 1. The fourth-order valence-electron chi connectivity index (χ4n) is 5.60. The normalized spacial score (nSPS) is 15.8. The van der Waals surface area contributed by atoms with Gasteiger partial charge in [0.15, 0.2) is 5.82 Å². The predicted molar refractivity (Wildman–Crippen MR) is 169 cm³/mol. The Morgan fingerprint density at radius 2 is 1.69 bits per heavy atom. The van der Waals surface area contributed by atoms with E-state index in [-0.39, 0.29) is 30.3 Å². The quantitative estimate of drug-likeness (QED) is 0.232. The highest BCUT2D eigenvalue weighted by Crippen LogP contribution is 2.28. The molecule has 228 valence electrons. The van der Waals surface area contributed by atoms with Gasteiger partial charge in [-0.2, -0.15) is 0 Å². The van der Waals surface area contributed by atoms with Crippen molar-refractivity contribution >= 4 is 5.91 Å². The summed E-state index contributed by atoms with van der Waals surface area (Å²) in [5.41, 5.74) is 4.07. The van der Waals surface area contributed by atoms with Crippen LogP contribution < -0.4 is 21.1 Å². The largest absolute Gasteiger partial charge is 0.490 e. The Balaban J connectivity index is 1.15. The molecule has 1 saturated carbocycles. The molecule has 0 bridgehead atoms. The lowest BCUT2D eigenvalue weighted by Gasteiger charge is -2.25. The second-order valence-electron chi connectivity index (χ2n) is 11.3. The molecule has 10 nitrogen and oxygen atoms in total. The standard InChI is InChI=1S/C35H34N6O4/c42-34(39-19-25-9-4-5-10-30(25)33-36-17-6-18-37-33)32-31-20-38-26(23-44-22-24-7-2-1-3-8-24)21-40(31)35(43)41(32)27-11-13-28(14-12-27)45-29-15-16-29/h1-14,17-18,26,29,38H,15-16,19-23H2,(H,39,42). The second kappa shape index (κ2) is 12.9. The van der Waals surface area contributed by atoms with Crippen LogP contribution in [0.3, 0.4) is 0 Å². The summed E-state index contributed by atoms with van der Waals surface area (Å²) in [7, 11) is 0. The summed E-state index contributed by atoms with van der Waals surface area (Å²) in [4.78, 5) is 36.7. The van der Waals surface area contributed by atoms with Gasteiger partial charge in [-0.15, -0.1) is 0 Å². The van der Waals surface area contributed by atoms with Crippen molar-refractivity contribution in [1.29, 1.82) is 0 Å². The number of fused-ring (bicyclic) bond motifs is 1. The first-order valence-corrected chi connectivity index (χ1v) is 15.2. The van der Waals surface area contributed by atoms with Crippen LogP contribution in [0.2, 0.25) is 0 Å². The molecule has 45 heavy (non-hydrogen) atoms. The van der Waals surface area contributed by atoms with E-state index in [9.17, 15) is 9.59 Å². The summed E-state index contributed by atoms with van der Waals surface area (Å²) in [6, 6.07) is 26.7. The molecule has 3 heterocycles. The molecule has 3 aromatic carbocycles. The summed E-state index contributed by atoms with van der Waals surface area (Å²) in [6.45, 7) is 1.89. The molecular weight excluding hydrogens is 568 g/mol. The summed E-state index contributed by atoms with van der Waals surface area (Å²) >= 11 is 0. The highest BCUT2D eigenvalue weighted by atomic mass is 16.5. The van der Waals surface area contributed by atoms with Crippen molar-refractivity contribution in [3.8, 4) is 22.8 Å². The molecule has 2 aromatic heterocycles. The van der Waals surface area contributed by atoms with Crippen molar-refractivity contribution < 1.29 is 14.3 Å². The molecule has 10 heteroatoms. The Morgan fingerprint density at radius 1 is 0.933 bits per heavy atom. The lowest BCUT2D eigenvalue weighted by atomic mass is 10.1. The van der Waals surface area contributed by atoms with Gasteiger partial charge in [0.25, 0.3) is 5.91 Å². The Morgan fingerprint density at radius 3 is 2.47 bits per heavy atom. The minimum Gasteiger partial charge on any atom is -0.490 e. The average Bonchev–Trinajstić information content (AvgIpc) is 3.86. The van der Waals surface area contributed by atoms with Crippen LogP contribution in [0.5, 0.6) is 5.75 Å². The number of carbonyl (C=O) groups is 1. The SMILES string of the molecule is O=C(NCc1ccccc1-c1ncccn1)c1c2n(c(=O)n1-c1ccc(OC3CC3)cc1)CC(COCc1ccccc1)NC2. The van der Waals surface area contributed by atoms with Gasteiger partial charge in [-0.1, -0.05) is 54.6 Å². The molecule has 2 N–H and O–H groups in total. The van der Waals surface area contributed by atoms with E-state index >= 15 is 0 Å². The van der Waals surface area contributed by atoms with E-state index in [2.05, 4.69) is 20.6 Å². The smallest absolute Gasteiger partial charge is 0.333 e. The lowest BCUT2D eigenvalue weighted by molar-refractivity contribution is 0.0884. The maximum Gasteiger partial charge on any atom is 0.333 e. The fraction of sp³-hybridized carbons (Fsp3) is 0.257. The summed E-state index contributed by atoms with van der Waals surface area (Å²) < 4.78 is 15.1. The molecule has 5 aromatic rings. The zero-order valence-corrected chi connectivity index (χ0v) is 24.8. The monoisotopic (exact) mass is 602 g/mol. The van der Waals surface area contributed by atoms with Gasteiger partial charge >= 0.3 is 5.69 Å². The van der Waals surface area contributed by atoms with Crippen molar-refractivity contribution in [1.82, 2.24) is 29.7 Å². The average molecular weight is 603 g/mol. The number of hydrogen-bond acceptors (Lipinski definition) is 7. The van der Waals surface area contributed by atoms with Crippen LogP contribution in [0.1, 0.15) is 40.2 Å². The van der Waals surface area contributed by atoms with E-state index in [4.69, 9.17) is 9.47 Å². The first-order valence-electron chi connectivity index (χ1n) is 15.2. The molecule has 1 aliphatic heterocycles. The molecule has 1 atom stereocenters. The molecule has 0 spiro atoms. The molecule has 7 rings (SSSR count). The molecule has 0 radical (unpaired) electrons. The highest BCUT2D eigenvalue weighted by Gasteiger charge is 2.31. The van der Waals surface area contributed by atoms with Crippen molar-refractivity contribution in [3.05, 3.63) is 130 Å². The van der Waals surface area contributed by atoms with Gasteiger partial charge in [0.2, 0.25) is 0 Å². The van der Waals surface area contributed by atoms with Crippen LogP contribution in [0.25, 0.3) is 17.1 Å². The summed E-state index contributed by atoms with van der Waals surface area (Å²) in [5, 5.41) is 6.54. The molecule has 1 amide bonds. The second-order valence-corrected chi connectivity index (χ2v) is 11.3. The highest BCUT2D eigenvalue weighted by molar-refractivity contribution is 5.94. The number of aromatic nitrogens is 4. The molecule has 1 fully saturated rings. The Kier molecular flexibility index (Phi) is 8.22. The van der Waals surface area contributed by atoms with Gasteiger partial charge in [-0.3, -0.25) is 13.9 Å². The number of nitrogens with zero attached hydrogens (tertiary/aromatic N) is 4. The molecular formula is C35H34N6O4. The number of carbonyl (C=O) groups excluding carboxylic acids is 1. The van der Waals surface area contributed by atoms with Gasteiger partial charge in [0.1, 0.15) is 11.4 Å². The van der Waals surface area contributed by atoms with E-state index in [1.54, 1.807) is 23.0 Å². The van der Waals surface area contributed by atoms with Gasteiger partial charge < -0.3 is 20.1 Å². The fourth-order valence-corrected chi connectivity index (χ4v) is 5.60. The van der Waals surface area contributed by atoms with Crippen molar-refractivity contribution in [3.63, 3.8) is 0 Å². The third kappa shape index (κ3) is 6.43. The predicted octanol–water partition coefficient (Wildman–Crippen LogP) is 4.26. The van der Waals surface area contributed by atoms with Crippen LogP contribution in [0.15, 0.2) is 102 Å². The molecule has 1 unspecified atom stereocenters. The van der Waals surface area contributed by atoms with E-state index in [1.807, 2.05) is 78.9 Å². The van der Waals surface area contributed by atoms with E-state index in [0.29, 0.717) is 49.2 Å². The lowest BCUT2D eigenvalue weighted by Crippen LogP contribution is -2.44. The van der Waals surface area contributed by atoms with Crippen molar-refractivity contribution in [2.24, 2.45) is 0 Å². The zero-order chi connectivity index (χ0) is 30.6. The Hall–Kier alpha value is -5.06. The van der Waals surface area contributed by atoms with Crippen LogP contribution in [0.4, 0.5) is 0 Å². The number of hydrogen-bond donors (Lipinski definition) is 2. The van der Waals surface area contributed by atoms with Crippen LogP contribution >= 0.6 is 0 Å². The Labute approximate surface area is 260 Å². The topological polar surface area (TPSA) is 112 Å². The van der Waals surface area contributed by atoms with E-state index < -0.39 is 0 Å². The maximum absolute atomic E-state index is 14.0. The van der Waals surface area contributed by atoms with Gasteiger partial charge in [-0.05, 0) is 54.3 Å². The summed E-state index contributed by atoms with van der Waals surface area (Å²) in [6.07, 6.45) is 5.76. The Bertz CT molecular complexity index is 1830. The molecule has 2 aliphatic rings. The minimum atomic E-state index is -0.344. The number of benzene rings is 3. The molecule has 1 aliphatic carbocycles. The zero-order valence-electron chi connectivity index (χ0n) is 24.8. The van der Waals surface area contributed by atoms with Crippen LogP contribution in [-0.2, 0) is 31.0 Å². The number of nitrogens with one attached hydrogen (secondary N) is 2. The first-order chi connectivity index (χ1) is 22.1. The molecule has 0 saturated heterocycles. The maximum atomic E-state index is 14.0. The number of ether oxygens (including phenoxy) is 2. The third-order valence-corrected chi connectivity index (χ3v) is 8.04. The third-order valence-electron chi connectivity index (χ3n) is 8.04. The van der Waals surface area contributed by atoms with E-state index in [0.717, 1.165) is 35.3 Å². The van der Waals surface area contributed by atoms with E-state index in [1.165, 1.54) is 4.57 Å². The minimum absolute atomic E-state index is 0.0854. The first kappa shape index (κ1) is 28.7.